The summed E-state index contributed by atoms with van der Waals surface area (Å²) < 4.78 is 11.4. The zero-order chi connectivity index (χ0) is 25.2. The Morgan fingerprint density at radius 3 is 2.36 bits per heavy atom. The quantitative estimate of drug-likeness (QED) is 0.319. The molecule has 9 nitrogen and oxygen atoms in total. The van der Waals surface area contributed by atoms with E-state index in [-0.39, 0.29) is 24.6 Å². The van der Waals surface area contributed by atoms with E-state index in [0.29, 0.717) is 47.6 Å². The number of benzene rings is 2. The number of hydrogen-bond acceptors (Lipinski definition) is 5. The average Bonchev–Trinajstić information content (AvgIpc) is 3.60. The molecule has 9 heteroatoms. The van der Waals surface area contributed by atoms with E-state index in [4.69, 9.17) is 9.15 Å². The van der Waals surface area contributed by atoms with Gasteiger partial charge in [0.1, 0.15) is 18.1 Å². The fraction of sp³-hybridized carbons (Fsp3) is 0.222. The predicted molar refractivity (Wildman–Crippen MR) is 132 cm³/mol. The van der Waals surface area contributed by atoms with Crippen LogP contribution in [0.3, 0.4) is 0 Å². The fourth-order valence-electron chi connectivity index (χ4n) is 4.56. The Labute approximate surface area is 207 Å². The molecule has 1 aliphatic rings. The van der Waals surface area contributed by atoms with Crippen LogP contribution in [-0.4, -0.2) is 65.7 Å². The molecule has 1 aliphatic heterocycles. The van der Waals surface area contributed by atoms with Crippen LogP contribution in [0.25, 0.3) is 22.2 Å². The van der Waals surface area contributed by atoms with Crippen LogP contribution in [-0.2, 0) is 11.3 Å². The lowest BCUT2D eigenvalue weighted by atomic mass is 10.0. The third-order valence-corrected chi connectivity index (χ3v) is 6.50. The van der Waals surface area contributed by atoms with E-state index in [1.54, 1.807) is 23.1 Å². The predicted octanol–water partition coefficient (Wildman–Crippen LogP) is 2.35. The number of fused-ring (bicyclic) bond motifs is 1. The smallest absolute Gasteiger partial charge is 0.295 e. The van der Waals surface area contributed by atoms with E-state index >= 15 is 0 Å². The monoisotopic (exact) mass is 487 g/mol. The van der Waals surface area contributed by atoms with Crippen molar-refractivity contribution in [3.63, 3.8) is 0 Å². The number of ether oxygens (including phenoxy) is 1. The van der Waals surface area contributed by atoms with Gasteiger partial charge in [-0.1, -0.05) is 18.2 Å². The Morgan fingerprint density at radius 1 is 0.972 bits per heavy atom. The van der Waals surface area contributed by atoms with Crippen molar-refractivity contribution in [3.05, 3.63) is 77.7 Å². The molecule has 36 heavy (non-hydrogen) atoms. The molecule has 0 unspecified atom stereocenters. The van der Waals surface area contributed by atoms with Crippen LogP contribution < -0.4 is 10.5 Å². The molecule has 1 fully saturated rings. The first-order valence-electron chi connectivity index (χ1n) is 11.8. The second-order valence-corrected chi connectivity index (χ2v) is 8.56. The van der Waals surface area contributed by atoms with Gasteiger partial charge in [0.2, 0.25) is 0 Å². The van der Waals surface area contributed by atoms with E-state index in [0.717, 1.165) is 11.3 Å². The highest BCUT2D eigenvalue weighted by molar-refractivity contribution is 6.45. The number of H-pyrrole nitrogens is 1. The van der Waals surface area contributed by atoms with Gasteiger partial charge >= 0.3 is 0 Å². The van der Waals surface area contributed by atoms with Gasteiger partial charge in [-0.05, 0) is 36.4 Å². The number of aromatic nitrogens is 1. The molecule has 1 saturated heterocycles. The third-order valence-electron chi connectivity index (χ3n) is 6.50. The highest BCUT2D eigenvalue weighted by atomic mass is 16.5. The molecular formula is C27H27N4O5+. The molecule has 0 radical (unpaired) electrons. The van der Waals surface area contributed by atoms with Crippen molar-refractivity contribution in [2.75, 3.05) is 33.3 Å². The first-order valence-corrected chi connectivity index (χ1v) is 11.8. The summed E-state index contributed by atoms with van der Waals surface area (Å²) in [6, 6.07) is 16.3. The molecule has 2 amide bonds. The lowest BCUT2D eigenvalue weighted by molar-refractivity contribution is -0.390. The van der Waals surface area contributed by atoms with Crippen molar-refractivity contribution in [2.24, 2.45) is 0 Å². The van der Waals surface area contributed by atoms with Crippen molar-refractivity contribution in [1.82, 2.24) is 14.8 Å². The number of furan rings is 1. The first kappa shape index (κ1) is 23.4. The minimum absolute atomic E-state index is 0.0807. The van der Waals surface area contributed by atoms with Gasteiger partial charge in [0.15, 0.2) is 5.76 Å². The number of hydrogen-bond donors (Lipinski definition) is 2. The number of Topliss-reactive ketones (excluding diaryl/α,β-unsaturated/α-hetero) is 1. The molecule has 0 saturated carbocycles. The van der Waals surface area contributed by atoms with E-state index in [2.05, 4.69) is 10.7 Å². The number of amides is 2. The summed E-state index contributed by atoms with van der Waals surface area (Å²) in [5, 5.41) is 0.527. The summed E-state index contributed by atoms with van der Waals surface area (Å²) >= 11 is 0. The van der Waals surface area contributed by atoms with E-state index in [1.807, 2.05) is 36.4 Å². The molecule has 0 spiro atoms. The van der Waals surface area contributed by atoms with E-state index in [9.17, 15) is 14.4 Å². The zero-order valence-electron chi connectivity index (χ0n) is 20.0. The molecule has 0 bridgehead atoms. The third kappa shape index (κ3) is 4.14. The summed E-state index contributed by atoms with van der Waals surface area (Å²) in [6.45, 7) is 1.82. The maximum Gasteiger partial charge on any atom is 0.295 e. The maximum atomic E-state index is 13.3. The van der Waals surface area contributed by atoms with Crippen LogP contribution in [0.15, 0.2) is 65.2 Å². The molecule has 4 aromatic rings. The normalized spacial score (nSPS) is 13.7. The van der Waals surface area contributed by atoms with E-state index < -0.39 is 11.7 Å². The van der Waals surface area contributed by atoms with Gasteiger partial charge < -0.3 is 29.7 Å². The number of nitrogens with zero attached hydrogens (tertiary/aromatic N) is 2. The summed E-state index contributed by atoms with van der Waals surface area (Å²) in [5.41, 5.74) is 6.09. The molecule has 5 rings (SSSR count). The van der Waals surface area contributed by atoms with Gasteiger partial charge in [-0.15, -0.1) is 0 Å². The van der Waals surface area contributed by atoms with Crippen molar-refractivity contribution >= 4 is 28.5 Å². The van der Waals surface area contributed by atoms with Crippen LogP contribution in [0.1, 0.15) is 26.5 Å². The number of rotatable bonds is 6. The summed E-state index contributed by atoms with van der Waals surface area (Å²) in [5.74, 6) is 0.547. The number of ketones is 1. The Bertz CT molecular complexity index is 1430. The fourth-order valence-corrected chi connectivity index (χ4v) is 4.56. The lowest BCUT2D eigenvalue weighted by Crippen LogP contribution is -2.52. The minimum atomic E-state index is -0.627. The molecule has 0 atom stereocenters. The summed E-state index contributed by atoms with van der Waals surface area (Å²) in [6.07, 6.45) is 1.54. The number of aromatic amines is 1. The Morgan fingerprint density at radius 2 is 1.69 bits per heavy atom. The number of carbonyl (C=O) groups excluding carboxylic acids is 3. The van der Waals surface area contributed by atoms with Gasteiger partial charge in [0, 0.05) is 43.5 Å². The van der Waals surface area contributed by atoms with Crippen molar-refractivity contribution in [1.29, 1.82) is 0 Å². The van der Waals surface area contributed by atoms with Crippen LogP contribution in [0.2, 0.25) is 0 Å². The molecule has 4 N–H and O–H groups in total. The standard InChI is InChI=1S/C27H26N4O5/c1-35-22-10-8-19(21-9-7-18(15-28)36-21)24-23(22)20(16-29-24)25(32)27(34)31-13-11-30(12-14-31)26(33)17-5-3-2-4-6-17/h2-10,16,29H,11-15,28H2,1H3/p+1. The highest BCUT2D eigenvalue weighted by Crippen LogP contribution is 2.37. The molecule has 0 aliphatic carbocycles. The van der Waals surface area contributed by atoms with Gasteiger partial charge in [-0.3, -0.25) is 14.4 Å². The summed E-state index contributed by atoms with van der Waals surface area (Å²) in [7, 11) is 1.52. The number of piperazine rings is 1. The van der Waals surface area contributed by atoms with Crippen LogP contribution in [0, 0.1) is 0 Å². The Hall–Kier alpha value is -4.37. The number of nitrogens with one attached hydrogen (secondary N) is 1. The van der Waals surface area contributed by atoms with Gasteiger partial charge in [-0.25, -0.2) is 0 Å². The Kier molecular flexibility index (Phi) is 6.30. The van der Waals surface area contributed by atoms with E-state index in [1.165, 1.54) is 18.2 Å². The summed E-state index contributed by atoms with van der Waals surface area (Å²) in [4.78, 5) is 45.6. The number of carbonyl (C=O) groups is 3. The topological polar surface area (TPSA) is 123 Å². The van der Waals surface area contributed by atoms with Crippen molar-refractivity contribution < 1.29 is 29.3 Å². The molecular weight excluding hydrogens is 460 g/mol. The number of quaternary nitrogens is 1. The van der Waals surface area contributed by atoms with Crippen LogP contribution >= 0.6 is 0 Å². The lowest BCUT2D eigenvalue weighted by Gasteiger charge is -2.34. The maximum absolute atomic E-state index is 13.3. The van der Waals surface area contributed by atoms with Gasteiger partial charge in [0.05, 0.1) is 23.6 Å². The largest absolute Gasteiger partial charge is 0.496 e. The highest BCUT2D eigenvalue weighted by Gasteiger charge is 2.31. The van der Waals surface area contributed by atoms with Crippen molar-refractivity contribution in [3.8, 4) is 17.1 Å². The molecule has 184 valence electrons. The van der Waals surface area contributed by atoms with Gasteiger partial charge in [0.25, 0.3) is 17.6 Å². The van der Waals surface area contributed by atoms with Crippen LogP contribution in [0.4, 0.5) is 0 Å². The zero-order valence-corrected chi connectivity index (χ0v) is 20.0. The second kappa shape index (κ2) is 9.71. The Balaban J connectivity index is 1.37. The van der Waals surface area contributed by atoms with Crippen LogP contribution in [0.5, 0.6) is 5.75 Å². The molecule has 2 aromatic heterocycles. The first-order chi connectivity index (χ1) is 17.5. The average molecular weight is 488 g/mol. The SMILES string of the molecule is COc1ccc(-c2ccc(C[NH3+])o2)c2[nH]cc(C(=O)C(=O)N3CCN(C(=O)c4ccccc4)CC3)c12. The van der Waals surface area contributed by atoms with Gasteiger partial charge in [-0.2, -0.15) is 0 Å². The molecule has 2 aromatic carbocycles. The minimum Gasteiger partial charge on any atom is -0.496 e. The number of methoxy groups -OCH3 is 1. The molecule has 3 heterocycles. The van der Waals surface area contributed by atoms with Crippen molar-refractivity contribution in [2.45, 2.75) is 6.54 Å². The second-order valence-electron chi connectivity index (χ2n) is 8.56.